The van der Waals surface area contributed by atoms with E-state index in [1.54, 1.807) is 6.26 Å². The molecular weight excluding hydrogens is 152 g/mol. The van der Waals surface area contributed by atoms with Crippen molar-refractivity contribution < 1.29 is 9.52 Å². The predicted octanol–water partition coefficient (Wildman–Crippen LogP) is 2.08. The molecule has 1 aromatic heterocycles. The zero-order valence-corrected chi connectivity index (χ0v) is 7.29. The van der Waals surface area contributed by atoms with Crippen LogP contribution in [0.25, 0.3) is 0 Å². The minimum Gasteiger partial charge on any atom is -0.469 e. The Morgan fingerprint density at radius 3 is 3.25 bits per heavy atom. The average Bonchev–Trinajstić information content (AvgIpc) is 2.52. The van der Waals surface area contributed by atoms with Crippen molar-refractivity contribution in [2.75, 3.05) is 0 Å². The molecule has 12 heavy (non-hydrogen) atoms. The molecule has 0 saturated heterocycles. The van der Waals surface area contributed by atoms with Gasteiger partial charge in [0.2, 0.25) is 0 Å². The largest absolute Gasteiger partial charge is 0.469 e. The Morgan fingerprint density at radius 1 is 1.67 bits per heavy atom. The lowest BCUT2D eigenvalue weighted by Gasteiger charge is -2.25. The molecule has 66 valence electrons. The normalized spacial score (nSPS) is 28.5. The van der Waals surface area contributed by atoms with E-state index in [4.69, 9.17) is 4.42 Å². The van der Waals surface area contributed by atoms with Gasteiger partial charge in [-0.3, -0.25) is 0 Å². The monoisotopic (exact) mass is 166 g/mol. The van der Waals surface area contributed by atoms with Crippen molar-refractivity contribution in [1.29, 1.82) is 0 Å². The first kappa shape index (κ1) is 7.87. The fourth-order valence-electron chi connectivity index (χ4n) is 2.06. The van der Waals surface area contributed by atoms with E-state index >= 15 is 0 Å². The van der Waals surface area contributed by atoms with Crippen LogP contribution in [0.1, 0.15) is 37.0 Å². The number of aliphatic hydroxyl groups is 1. The molecule has 0 aromatic carbocycles. The molecule has 1 aliphatic carbocycles. The second-order valence-corrected chi connectivity index (χ2v) is 3.42. The summed E-state index contributed by atoms with van der Waals surface area (Å²) in [6, 6.07) is 1.99. The molecule has 0 amide bonds. The Morgan fingerprint density at radius 2 is 2.50 bits per heavy atom. The third kappa shape index (κ3) is 1.07. The number of aryl methyl sites for hydroxylation is 1. The molecule has 1 N–H and O–H groups in total. The van der Waals surface area contributed by atoms with E-state index in [9.17, 15) is 5.11 Å². The molecule has 0 aliphatic heterocycles. The van der Waals surface area contributed by atoms with E-state index in [1.165, 1.54) is 5.56 Å². The first-order valence-corrected chi connectivity index (χ1v) is 4.57. The number of furan rings is 1. The van der Waals surface area contributed by atoms with Gasteiger partial charge in [-0.15, -0.1) is 0 Å². The van der Waals surface area contributed by atoms with E-state index < -0.39 is 0 Å². The summed E-state index contributed by atoms with van der Waals surface area (Å²) < 4.78 is 5.33. The van der Waals surface area contributed by atoms with E-state index in [0.717, 1.165) is 25.0 Å². The fourth-order valence-corrected chi connectivity index (χ4v) is 2.06. The Balaban J connectivity index is 2.34. The highest BCUT2D eigenvalue weighted by atomic mass is 16.3. The smallest absolute Gasteiger partial charge is 0.107 e. The minimum absolute atomic E-state index is 0.167. The van der Waals surface area contributed by atoms with Gasteiger partial charge in [0.05, 0.1) is 12.4 Å². The summed E-state index contributed by atoms with van der Waals surface area (Å²) in [6.45, 7) is 2.11. The topological polar surface area (TPSA) is 33.4 Å². The van der Waals surface area contributed by atoms with Crippen molar-refractivity contribution in [1.82, 2.24) is 0 Å². The van der Waals surface area contributed by atoms with Crippen LogP contribution in [-0.4, -0.2) is 11.2 Å². The lowest BCUT2D eigenvalue weighted by atomic mass is 9.83. The lowest BCUT2D eigenvalue weighted by Crippen LogP contribution is -2.23. The maximum Gasteiger partial charge on any atom is 0.107 e. The van der Waals surface area contributed by atoms with Gasteiger partial charge in [-0.25, -0.2) is 0 Å². The molecule has 0 spiro atoms. The van der Waals surface area contributed by atoms with Crippen molar-refractivity contribution in [3.63, 3.8) is 0 Å². The molecule has 2 heteroatoms. The van der Waals surface area contributed by atoms with Crippen molar-refractivity contribution in [3.05, 3.63) is 23.7 Å². The third-order valence-corrected chi connectivity index (χ3v) is 2.75. The summed E-state index contributed by atoms with van der Waals surface area (Å²) in [6.07, 6.45) is 4.29. The SMILES string of the molecule is CCC1c2ccoc2CCC1O. The van der Waals surface area contributed by atoms with Gasteiger partial charge in [0.1, 0.15) is 5.76 Å². The van der Waals surface area contributed by atoms with Crippen LogP contribution in [0.3, 0.4) is 0 Å². The number of aliphatic hydroxyl groups excluding tert-OH is 1. The van der Waals surface area contributed by atoms with E-state index in [1.807, 2.05) is 6.07 Å². The minimum atomic E-state index is -0.167. The summed E-state index contributed by atoms with van der Waals surface area (Å²) in [4.78, 5) is 0. The van der Waals surface area contributed by atoms with Crippen LogP contribution >= 0.6 is 0 Å². The quantitative estimate of drug-likeness (QED) is 0.693. The van der Waals surface area contributed by atoms with Gasteiger partial charge >= 0.3 is 0 Å². The summed E-state index contributed by atoms with van der Waals surface area (Å²) in [5, 5.41) is 9.69. The van der Waals surface area contributed by atoms with Crippen LogP contribution < -0.4 is 0 Å². The maximum atomic E-state index is 9.69. The first-order valence-electron chi connectivity index (χ1n) is 4.57. The Kier molecular flexibility index (Phi) is 1.93. The van der Waals surface area contributed by atoms with E-state index in [-0.39, 0.29) is 6.10 Å². The molecule has 1 aromatic rings. The van der Waals surface area contributed by atoms with Gasteiger partial charge in [-0.1, -0.05) is 6.92 Å². The standard InChI is InChI=1S/C10H14O2/c1-2-7-8-5-6-12-10(8)4-3-9(7)11/h5-7,9,11H,2-4H2,1H3. The van der Waals surface area contributed by atoms with E-state index in [0.29, 0.717) is 5.92 Å². The molecule has 0 radical (unpaired) electrons. The second-order valence-electron chi connectivity index (χ2n) is 3.42. The van der Waals surface area contributed by atoms with Crippen LogP contribution in [0.5, 0.6) is 0 Å². The van der Waals surface area contributed by atoms with Crippen molar-refractivity contribution in [3.8, 4) is 0 Å². The number of hydrogen-bond donors (Lipinski definition) is 1. The molecule has 2 nitrogen and oxygen atoms in total. The van der Waals surface area contributed by atoms with Gasteiger partial charge in [-0.2, -0.15) is 0 Å². The van der Waals surface area contributed by atoms with Crippen molar-refractivity contribution >= 4 is 0 Å². The molecule has 2 unspecified atom stereocenters. The molecule has 0 fully saturated rings. The molecule has 0 saturated carbocycles. The predicted molar refractivity (Wildman–Crippen MR) is 46.1 cm³/mol. The van der Waals surface area contributed by atoms with Crippen LogP contribution in [0.15, 0.2) is 16.7 Å². The number of hydrogen-bond acceptors (Lipinski definition) is 2. The molecule has 0 bridgehead atoms. The van der Waals surface area contributed by atoms with Gasteiger partial charge < -0.3 is 9.52 Å². The van der Waals surface area contributed by atoms with E-state index in [2.05, 4.69) is 6.92 Å². The highest BCUT2D eigenvalue weighted by Gasteiger charge is 2.28. The van der Waals surface area contributed by atoms with Gasteiger partial charge in [0, 0.05) is 12.3 Å². The molecule has 2 atom stereocenters. The van der Waals surface area contributed by atoms with Crippen molar-refractivity contribution in [2.45, 2.75) is 38.2 Å². The Labute approximate surface area is 72.2 Å². The van der Waals surface area contributed by atoms with Crippen LogP contribution in [-0.2, 0) is 6.42 Å². The van der Waals surface area contributed by atoms with Crippen LogP contribution in [0.2, 0.25) is 0 Å². The van der Waals surface area contributed by atoms with Gasteiger partial charge in [0.25, 0.3) is 0 Å². The van der Waals surface area contributed by atoms with Gasteiger partial charge in [-0.05, 0) is 24.5 Å². The summed E-state index contributed by atoms with van der Waals surface area (Å²) in [7, 11) is 0. The Bertz CT molecular complexity index is 265. The van der Waals surface area contributed by atoms with Gasteiger partial charge in [0.15, 0.2) is 0 Å². The summed E-state index contributed by atoms with van der Waals surface area (Å²) in [5.74, 6) is 1.37. The lowest BCUT2D eigenvalue weighted by molar-refractivity contribution is 0.120. The second kappa shape index (κ2) is 2.94. The maximum absolute atomic E-state index is 9.69. The average molecular weight is 166 g/mol. The highest BCUT2D eigenvalue weighted by molar-refractivity contribution is 5.26. The zero-order valence-electron chi connectivity index (χ0n) is 7.29. The van der Waals surface area contributed by atoms with Crippen LogP contribution in [0, 0.1) is 0 Å². The third-order valence-electron chi connectivity index (χ3n) is 2.75. The summed E-state index contributed by atoms with van der Waals surface area (Å²) in [5.41, 5.74) is 1.22. The Hall–Kier alpha value is -0.760. The number of rotatable bonds is 1. The van der Waals surface area contributed by atoms with Crippen molar-refractivity contribution in [2.24, 2.45) is 0 Å². The number of fused-ring (bicyclic) bond motifs is 1. The molecule has 1 heterocycles. The zero-order chi connectivity index (χ0) is 8.55. The molecule has 1 aliphatic rings. The molecule has 2 rings (SSSR count). The highest BCUT2D eigenvalue weighted by Crippen LogP contribution is 2.34. The summed E-state index contributed by atoms with van der Waals surface area (Å²) >= 11 is 0. The molecular formula is C10H14O2. The first-order chi connectivity index (χ1) is 5.83. The van der Waals surface area contributed by atoms with Crippen LogP contribution in [0.4, 0.5) is 0 Å². The fraction of sp³-hybridized carbons (Fsp3) is 0.600.